The third-order valence-electron chi connectivity index (χ3n) is 5.16. The first kappa shape index (κ1) is 16.3. The van der Waals surface area contributed by atoms with E-state index < -0.39 is 0 Å². The molecule has 2 aromatic rings. The number of hydrogen-bond acceptors (Lipinski definition) is 4. The maximum absolute atomic E-state index is 13.1. The Morgan fingerprint density at radius 1 is 1.20 bits per heavy atom. The summed E-state index contributed by atoms with van der Waals surface area (Å²) < 4.78 is 1.88. The van der Waals surface area contributed by atoms with Crippen molar-refractivity contribution in [2.24, 2.45) is 0 Å². The van der Waals surface area contributed by atoms with Crippen molar-refractivity contribution in [2.75, 3.05) is 6.54 Å². The van der Waals surface area contributed by atoms with Crippen LogP contribution in [-0.4, -0.2) is 44.2 Å². The number of hydrogen-bond donors (Lipinski definition) is 1. The predicted molar refractivity (Wildman–Crippen MR) is 94.7 cm³/mol. The number of carbonyl (C=O) groups is 1. The lowest BCUT2D eigenvalue weighted by molar-refractivity contribution is -0.128. The Kier molecular flexibility index (Phi) is 4.78. The van der Waals surface area contributed by atoms with Crippen LogP contribution in [0.1, 0.15) is 43.7 Å². The Labute approximate surface area is 148 Å². The van der Waals surface area contributed by atoms with Gasteiger partial charge in [0.1, 0.15) is 18.7 Å². The van der Waals surface area contributed by atoms with Crippen molar-refractivity contribution in [3.05, 3.63) is 48.5 Å². The topological polar surface area (TPSA) is 63.1 Å². The normalized spacial score (nSPS) is 22.5. The van der Waals surface area contributed by atoms with E-state index in [1.165, 1.54) is 6.42 Å². The maximum atomic E-state index is 13.1. The second-order valence-electron chi connectivity index (χ2n) is 7.10. The van der Waals surface area contributed by atoms with Gasteiger partial charge in [0.05, 0.1) is 6.54 Å². The molecule has 4 rings (SSSR count). The second kappa shape index (κ2) is 7.35. The third-order valence-corrected chi connectivity index (χ3v) is 5.16. The van der Waals surface area contributed by atoms with Crippen molar-refractivity contribution < 1.29 is 4.79 Å². The molecule has 0 radical (unpaired) electrons. The zero-order valence-corrected chi connectivity index (χ0v) is 14.4. The van der Waals surface area contributed by atoms with Crippen LogP contribution in [0.2, 0.25) is 0 Å². The number of carbonyl (C=O) groups excluding carboxylic acids is 1. The van der Waals surface area contributed by atoms with Crippen molar-refractivity contribution in [1.82, 2.24) is 25.0 Å². The van der Waals surface area contributed by atoms with E-state index in [1.54, 1.807) is 12.7 Å². The van der Waals surface area contributed by atoms with Crippen LogP contribution in [0.15, 0.2) is 43.0 Å². The van der Waals surface area contributed by atoms with Gasteiger partial charge in [-0.25, -0.2) is 4.98 Å². The van der Waals surface area contributed by atoms with Crippen molar-refractivity contribution >= 4 is 5.91 Å². The molecule has 0 bridgehead atoms. The number of aromatic nitrogens is 3. The minimum absolute atomic E-state index is 0.138. The summed E-state index contributed by atoms with van der Waals surface area (Å²) in [5.74, 6) is 0.138. The lowest BCUT2D eigenvalue weighted by Crippen LogP contribution is -2.49. The molecule has 1 saturated heterocycles. The Morgan fingerprint density at radius 2 is 2.04 bits per heavy atom. The van der Waals surface area contributed by atoms with Gasteiger partial charge in [0.25, 0.3) is 0 Å². The molecule has 1 saturated carbocycles. The van der Waals surface area contributed by atoms with Crippen molar-refractivity contribution in [3.63, 3.8) is 0 Å². The Bertz CT molecular complexity index is 683. The summed E-state index contributed by atoms with van der Waals surface area (Å²) in [4.78, 5) is 19.5. The van der Waals surface area contributed by atoms with Gasteiger partial charge in [-0.3, -0.25) is 14.4 Å². The summed E-state index contributed by atoms with van der Waals surface area (Å²) in [6, 6.07) is 10.6. The van der Waals surface area contributed by atoms with Crippen LogP contribution in [-0.2, 0) is 11.3 Å². The number of nitrogens with zero attached hydrogens (tertiary/aromatic N) is 4. The van der Waals surface area contributed by atoms with Crippen molar-refractivity contribution in [2.45, 2.75) is 56.8 Å². The van der Waals surface area contributed by atoms with E-state index in [9.17, 15) is 4.79 Å². The van der Waals surface area contributed by atoms with E-state index in [-0.39, 0.29) is 11.9 Å². The summed E-state index contributed by atoms with van der Waals surface area (Å²) in [5, 5.41) is 7.47. The summed E-state index contributed by atoms with van der Waals surface area (Å²) in [7, 11) is 0. The van der Waals surface area contributed by atoms with Crippen LogP contribution >= 0.6 is 0 Å². The molecule has 1 aromatic heterocycles. The molecule has 1 aromatic carbocycles. The van der Waals surface area contributed by atoms with Gasteiger partial charge in [-0.2, -0.15) is 5.10 Å². The number of benzene rings is 1. The lowest BCUT2D eigenvalue weighted by atomic mass is 9.95. The highest BCUT2D eigenvalue weighted by molar-refractivity contribution is 5.83. The quantitative estimate of drug-likeness (QED) is 0.876. The van der Waals surface area contributed by atoms with Gasteiger partial charge in [0, 0.05) is 12.1 Å². The summed E-state index contributed by atoms with van der Waals surface area (Å²) >= 11 is 0. The molecule has 2 fully saturated rings. The number of nitrogens with one attached hydrogen (secondary N) is 1. The van der Waals surface area contributed by atoms with Gasteiger partial charge in [-0.15, -0.1) is 0 Å². The van der Waals surface area contributed by atoms with E-state index in [0.29, 0.717) is 12.1 Å². The molecule has 6 heteroatoms. The van der Waals surface area contributed by atoms with Crippen LogP contribution in [0.4, 0.5) is 0 Å². The third kappa shape index (κ3) is 3.90. The average Bonchev–Trinajstić information content (AvgIpc) is 3.30. The fourth-order valence-corrected chi connectivity index (χ4v) is 3.74. The van der Waals surface area contributed by atoms with Crippen LogP contribution in [0.5, 0.6) is 0 Å². The molecule has 1 aliphatic heterocycles. The number of piperidine rings is 1. The molecule has 2 aliphatic rings. The molecule has 6 nitrogen and oxygen atoms in total. The monoisotopic (exact) mass is 339 g/mol. The average molecular weight is 339 g/mol. The molecular weight excluding hydrogens is 314 g/mol. The van der Waals surface area contributed by atoms with Gasteiger partial charge in [0.15, 0.2) is 0 Å². The minimum Gasteiger partial charge on any atom is -0.352 e. The summed E-state index contributed by atoms with van der Waals surface area (Å²) in [6.07, 6.45) is 8.96. The van der Waals surface area contributed by atoms with Gasteiger partial charge in [-0.1, -0.05) is 36.8 Å². The molecule has 2 unspecified atom stereocenters. The first-order valence-electron chi connectivity index (χ1n) is 9.25. The Morgan fingerprint density at radius 3 is 2.76 bits per heavy atom. The largest absolute Gasteiger partial charge is 0.352 e. The molecule has 1 amide bonds. The number of likely N-dealkylation sites (tertiary alicyclic amines) is 1. The maximum Gasteiger partial charge on any atom is 0.242 e. The number of amides is 1. The standard InChI is InChI=1S/C19H25N5O/c25-19(22-16-9-10-16)18(15-6-2-1-3-7-15)24-11-5-4-8-17(24)12-23-14-20-13-21-23/h1-3,6-7,13-14,16-18H,4-5,8-12H2,(H,22,25). The second-order valence-corrected chi connectivity index (χ2v) is 7.10. The smallest absolute Gasteiger partial charge is 0.242 e. The van der Waals surface area contributed by atoms with Crippen LogP contribution in [0.25, 0.3) is 0 Å². The lowest BCUT2D eigenvalue weighted by Gasteiger charge is -2.40. The van der Waals surface area contributed by atoms with Gasteiger partial charge >= 0.3 is 0 Å². The molecule has 2 atom stereocenters. The van der Waals surface area contributed by atoms with Crippen LogP contribution in [0, 0.1) is 0 Å². The number of rotatable bonds is 6. The van der Waals surface area contributed by atoms with Crippen LogP contribution < -0.4 is 5.32 Å². The van der Waals surface area contributed by atoms with Crippen molar-refractivity contribution in [1.29, 1.82) is 0 Å². The highest BCUT2D eigenvalue weighted by Crippen LogP contribution is 2.31. The zero-order valence-electron chi connectivity index (χ0n) is 14.4. The van der Waals surface area contributed by atoms with E-state index in [2.05, 4.69) is 32.4 Å². The molecule has 132 valence electrons. The molecule has 2 heterocycles. The van der Waals surface area contributed by atoms with E-state index in [1.807, 2.05) is 22.9 Å². The van der Waals surface area contributed by atoms with Crippen molar-refractivity contribution in [3.8, 4) is 0 Å². The minimum atomic E-state index is -0.226. The Hall–Kier alpha value is -2.21. The first-order valence-corrected chi connectivity index (χ1v) is 9.25. The predicted octanol–water partition coefficient (Wildman–Crippen LogP) is 2.15. The molecule has 1 N–H and O–H groups in total. The highest BCUT2D eigenvalue weighted by atomic mass is 16.2. The SMILES string of the molecule is O=C(NC1CC1)C(c1ccccc1)N1CCCCC1Cn1cncn1. The fourth-order valence-electron chi connectivity index (χ4n) is 3.74. The van der Waals surface area contributed by atoms with E-state index in [4.69, 9.17) is 0 Å². The van der Waals surface area contributed by atoms with Gasteiger partial charge in [-0.05, 0) is 37.8 Å². The van der Waals surface area contributed by atoms with Crippen LogP contribution in [0.3, 0.4) is 0 Å². The molecule has 1 aliphatic carbocycles. The van der Waals surface area contributed by atoms with Gasteiger partial charge < -0.3 is 5.32 Å². The van der Waals surface area contributed by atoms with E-state index in [0.717, 1.165) is 44.3 Å². The van der Waals surface area contributed by atoms with E-state index >= 15 is 0 Å². The van der Waals surface area contributed by atoms with Gasteiger partial charge in [0.2, 0.25) is 5.91 Å². The molecular formula is C19H25N5O. The Balaban J connectivity index is 1.59. The first-order chi connectivity index (χ1) is 12.3. The zero-order chi connectivity index (χ0) is 17.1. The highest BCUT2D eigenvalue weighted by Gasteiger charge is 2.36. The summed E-state index contributed by atoms with van der Waals surface area (Å²) in [6.45, 7) is 1.72. The molecule has 0 spiro atoms. The summed E-state index contributed by atoms with van der Waals surface area (Å²) in [5.41, 5.74) is 1.08. The molecule has 25 heavy (non-hydrogen) atoms. The fraction of sp³-hybridized carbons (Fsp3) is 0.526.